The van der Waals surface area contributed by atoms with E-state index in [0.29, 0.717) is 70.1 Å². The molecule has 5 aromatic rings. The number of amides is 1. The number of benzene rings is 2. The summed E-state index contributed by atoms with van der Waals surface area (Å²) in [5.41, 5.74) is 2.66. The SMILES string of the molecule is COc1ccc2c(c1)c(CC(=O)n1ccc3c(N4CC[C@]5(C4)[C@@H](C)CN5C(=O)CC#N)ncnc31)c(C)n2C(=O)c1ccc(Cl)cc1. The number of halogens is 1. The standard InChI is InChI=1S/C35H32ClN7O4/c1-21-18-42(30(44)10-13-37)35(21)12-15-40(19-35)32-26-11-14-41(33(26)39-20-38-32)31(45)17-27-22(2)43(29-9-8-25(47-3)16-28(27)29)34(46)23-4-6-24(36)7-5-23/h4-9,11,14,16,20-21H,10,12,15,17-19H2,1-3H3/t21-,35-/m0/s1. The van der Waals surface area contributed by atoms with E-state index >= 15 is 0 Å². The third-order valence-electron chi connectivity index (χ3n) is 9.91. The second-order valence-electron chi connectivity index (χ2n) is 12.3. The molecule has 2 fully saturated rings. The van der Waals surface area contributed by atoms with E-state index in [9.17, 15) is 14.4 Å². The van der Waals surface area contributed by atoms with Gasteiger partial charge in [-0.15, -0.1) is 0 Å². The second-order valence-corrected chi connectivity index (χ2v) is 12.7. The maximum atomic E-state index is 14.0. The van der Waals surface area contributed by atoms with E-state index in [-0.39, 0.29) is 36.1 Å². The number of carbonyl (C=O) groups is 3. The Morgan fingerprint density at radius 2 is 1.87 bits per heavy atom. The Morgan fingerprint density at radius 3 is 2.60 bits per heavy atom. The Balaban J connectivity index is 1.21. The van der Waals surface area contributed by atoms with Crippen molar-refractivity contribution in [1.29, 1.82) is 5.26 Å². The van der Waals surface area contributed by atoms with Crippen molar-refractivity contribution in [3.05, 3.63) is 82.9 Å². The number of carbonyl (C=O) groups excluding carboxylic acids is 3. The largest absolute Gasteiger partial charge is 0.497 e. The highest BCUT2D eigenvalue weighted by Crippen LogP contribution is 2.45. The number of anilines is 1. The van der Waals surface area contributed by atoms with Gasteiger partial charge >= 0.3 is 0 Å². The highest BCUT2D eigenvalue weighted by molar-refractivity contribution is 6.30. The van der Waals surface area contributed by atoms with Gasteiger partial charge in [0, 0.05) is 47.5 Å². The fraction of sp³-hybridized carbons (Fsp3) is 0.314. The normalized spacial score (nSPS) is 18.9. The minimum Gasteiger partial charge on any atom is -0.497 e. The van der Waals surface area contributed by atoms with Gasteiger partial charge in [0.1, 0.15) is 24.3 Å². The first-order valence-corrected chi connectivity index (χ1v) is 15.8. The maximum absolute atomic E-state index is 14.0. The molecule has 0 radical (unpaired) electrons. The van der Waals surface area contributed by atoms with Gasteiger partial charge in [-0.3, -0.25) is 23.5 Å². The van der Waals surface area contributed by atoms with Crippen molar-refractivity contribution in [2.45, 2.75) is 38.6 Å². The number of aromatic nitrogens is 4. The van der Waals surface area contributed by atoms with Gasteiger partial charge in [-0.1, -0.05) is 18.5 Å². The Labute approximate surface area is 275 Å². The molecule has 238 valence electrons. The molecule has 47 heavy (non-hydrogen) atoms. The molecule has 2 saturated heterocycles. The fourth-order valence-corrected chi connectivity index (χ4v) is 7.46. The summed E-state index contributed by atoms with van der Waals surface area (Å²) >= 11 is 6.07. The molecule has 2 aliphatic heterocycles. The van der Waals surface area contributed by atoms with Crippen molar-refractivity contribution in [2.75, 3.05) is 31.6 Å². The van der Waals surface area contributed by atoms with Gasteiger partial charge in [-0.2, -0.15) is 5.26 Å². The van der Waals surface area contributed by atoms with Crippen LogP contribution in [0.2, 0.25) is 5.02 Å². The Morgan fingerprint density at radius 1 is 1.09 bits per heavy atom. The van der Waals surface area contributed by atoms with Crippen LogP contribution >= 0.6 is 11.6 Å². The molecule has 3 aromatic heterocycles. The van der Waals surface area contributed by atoms with Crippen LogP contribution in [0.1, 0.15) is 46.2 Å². The maximum Gasteiger partial charge on any atom is 0.262 e. The van der Waals surface area contributed by atoms with Crippen molar-refractivity contribution in [1.82, 2.24) is 24.0 Å². The Hall–Kier alpha value is -5.21. The van der Waals surface area contributed by atoms with Gasteiger partial charge in [0.05, 0.1) is 36.0 Å². The van der Waals surface area contributed by atoms with E-state index in [1.165, 1.54) is 10.9 Å². The van der Waals surface area contributed by atoms with Crippen LogP contribution in [0.25, 0.3) is 21.9 Å². The number of rotatable bonds is 6. The van der Waals surface area contributed by atoms with Crippen LogP contribution in [0.15, 0.2) is 61.1 Å². The van der Waals surface area contributed by atoms with Crippen molar-refractivity contribution >= 4 is 57.1 Å². The molecule has 7 rings (SSSR count). The van der Waals surface area contributed by atoms with Crippen LogP contribution in [-0.2, 0) is 11.2 Å². The number of likely N-dealkylation sites (tertiary alicyclic amines) is 1. The summed E-state index contributed by atoms with van der Waals surface area (Å²) in [4.78, 5) is 53.5. The predicted octanol–water partition coefficient (Wildman–Crippen LogP) is 5.27. The third kappa shape index (κ3) is 4.82. The molecule has 1 spiro atoms. The molecule has 0 saturated carbocycles. The first-order chi connectivity index (χ1) is 22.7. The lowest BCUT2D eigenvalue weighted by Crippen LogP contribution is -2.69. The molecule has 1 amide bonds. The number of ether oxygens (including phenoxy) is 1. The van der Waals surface area contributed by atoms with Gasteiger partial charge in [0.15, 0.2) is 5.65 Å². The van der Waals surface area contributed by atoms with E-state index in [4.69, 9.17) is 21.6 Å². The minimum atomic E-state index is -0.333. The lowest BCUT2D eigenvalue weighted by molar-refractivity contribution is -0.152. The van der Waals surface area contributed by atoms with Crippen LogP contribution in [-0.4, -0.2) is 74.0 Å². The summed E-state index contributed by atoms with van der Waals surface area (Å²) in [5.74, 6) is 1.04. The summed E-state index contributed by atoms with van der Waals surface area (Å²) in [7, 11) is 1.58. The van der Waals surface area contributed by atoms with Gasteiger partial charge in [0.2, 0.25) is 11.8 Å². The molecular formula is C35H32ClN7O4. The highest BCUT2D eigenvalue weighted by Gasteiger charge is 2.56. The number of nitrogens with zero attached hydrogens (tertiary/aromatic N) is 7. The molecule has 0 aliphatic carbocycles. The first kappa shape index (κ1) is 30.4. The topological polar surface area (TPSA) is 126 Å². The van der Waals surface area contributed by atoms with Gasteiger partial charge in [-0.05, 0) is 73.4 Å². The molecule has 12 heteroatoms. The fourth-order valence-electron chi connectivity index (χ4n) is 7.34. The lowest BCUT2D eigenvalue weighted by atomic mass is 9.74. The average Bonchev–Trinajstić information content (AvgIpc) is 3.79. The monoisotopic (exact) mass is 649 g/mol. The van der Waals surface area contributed by atoms with Gasteiger partial charge in [-0.25, -0.2) is 9.97 Å². The average molecular weight is 650 g/mol. The number of nitriles is 1. The zero-order valence-electron chi connectivity index (χ0n) is 26.2. The molecule has 0 N–H and O–H groups in total. The summed E-state index contributed by atoms with van der Waals surface area (Å²) in [6.07, 6.45) is 3.83. The van der Waals surface area contributed by atoms with E-state index in [2.05, 4.69) is 21.8 Å². The van der Waals surface area contributed by atoms with E-state index < -0.39 is 0 Å². The van der Waals surface area contributed by atoms with Gasteiger partial charge in [0.25, 0.3) is 5.91 Å². The van der Waals surface area contributed by atoms with E-state index in [1.807, 2.05) is 36.1 Å². The second kappa shape index (κ2) is 11.5. The molecule has 2 aliphatic rings. The number of hydrogen-bond acceptors (Lipinski definition) is 8. The molecule has 2 atom stereocenters. The Kier molecular flexibility index (Phi) is 7.48. The summed E-state index contributed by atoms with van der Waals surface area (Å²) in [6, 6.07) is 16.0. The zero-order valence-corrected chi connectivity index (χ0v) is 27.0. The van der Waals surface area contributed by atoms with Crippen molar-refractivity contribution < 1.29 is 19.1 Å². The number of hydrogen-bond donors (Lipinski definition) is 0. The van der Waals surface area contributed by atoms with E-state index in [0.717, 1.165) is 17.2 Å². The van der Waals surface area contributed by atoms with Crippen LogP contribution in [0.5, 0.6) is 5.75 Å². The van der Waals surface area contributed by atoms with Gasteiger partial charge < -0.3 is 14.5 Å². The lowest BCUT2D eigenvalue weighted by Gasteiger charge is -2.55. The molecule has 0 unspecified atom stereocenters. The summed E-state index contributed by atoms with van der Waals surface area (Å²) in [5, 5.41) is 11.1. The predicted molar refractivity (Wildman–Crippen MR) is 177 cm³/mol. The smallest absolute Gasteiger partial charge is 0.262 e. The zero-order chi connectivity index (χ0) is 33.0. The molecule has 11 nitrogen and oxygen atoms in total. The van der Waals surface area contributed by atoms with Crippen molar-refractivity contribution in [3.8, 4) is 11.8 Å². The molecule has 2 aromatic carbocycles. The first-order valence-electron chi connectivity index (χ1n) is 15.4. The summed E-state index contributed by atoms with van der Waals surface area (Å²) in [6.45, 7) is 5.91. The van der Waals surface area contributed by atoms with Crippen molar-refractivity contribution in [3.63, 3.8) is 0 Å². The van der Waals surface area contributed by atoms with Crippen LogP contribution in [0, 0.1) is 24.2 Å². The van der Waals surface area contributed by atoms with Crippen LogP contribution in [0.4, 0.5) is 5.82 Å². The highest BCUT2D eigenvalue weighted by atomic mass is 35.5. The van der Waals surface area contributed by atoms with Crippen LogP contribution in [0.3, 0.4) is 0 Å². The molecular weight excluding hydrogens is 618 g/mol. The third-order valence-corrected chi connectivity index (χ3v) is 10.2. The quantitative estimate of drug-likeness (QED) is 0.244. The summed E-state index contributed by atoms with van der Waals surface area (Å²) < 4.78 is 8.65. The van der Waals surface area contributed by atoms with Crippen molar-refractivity contribution in [2.24, 2.45) is 5.92 Å². The van der Waals surface area contributed by atoms with Crippen LogP contribution < -0.4 is 9.64 Å². The number of fused-ring (bicyclic) bond motifs is 2. The molecule has 0 bridgehead atoms. The Bertz CT molecular complexity index is 2130. The molecule has 5 heterocycles. The minimum absolute atomic E-state index is 0.0137. The van der Waals surface area contributed by atoms with E-state index in [1.54, 1.807) is 48.2 Å². The number of methoxy groups -OCH3 is 1.